The summed E-state index contributed by atoms with van der Waals surface area (Å²) >= 11 is 2.16. The fourth-order valence-electron chi connectivity index (χ4n) is 1.97. The molecule has 0 aliphatic rings. The molecule has 1 unspecified atom stereocenters. The van der Waals surface area contributed by atoms with Gasteiger partial charge in [0.2, 0.25) is 0 Å². The molecule has 19 heavy (non-hydrogen) atoms. The van der Waals surface area contributed by atoms with Gasteiger partial charge in [-0.05, 0) is 32.3 Å². The van der Waals surface area contributed by atoms with Crippen LogP contribution in [0.3, 0.4) is 0 Å². The zero-order valence-corrected chi connectivity index (χ0v) is 14.1. The third-order valence-corrected chi connectivity index (χ3v) is 5.00. The molecule has 1 N–H and O–H groups in total. The van der Waals surface area contributed by atoms with Gasteiger partial charge < -0.3 is 9.72 Å². The quantitative estimate of drug-likeness (QED) is 0.370. The Hall–Kier alpha value is -0.850. The van der Waals surface area contributed by atoms with E-state index in [1.807, 2.05) is 20.8 Å². The van der Waals surface area contributed by atoms with Crippen LogP contribution in [0.4, 0.5) is 0 Å². The number of aromatic amines is 1. The first kappa shape index (κ1) is 16.2. The van der Waals surface area contributed by atoms with Gasteiger partial charge in [0.05, 0.1) is 10.5 Å². The molecule has 0 saturated carbocycles. The summed E-state index contributed by atoms with van der Waals surface area (Å²) in [5, 5.41) is 0. The molecule has 1 heterocycles. The number of nitrogens with one attached hydrogen (secondary N) is 1. The Balaban J connectivity index is 3.17. The molecule has 0 spiro atoms. The van der Waals surface area contributed by atoms with Crippen molar-refractivity contribution in [3.05, 3.63) is 22.5 Å². The van der Waals surface area contributed by atoms with Gasteiger partial charge in [-0.15, -0.1) is 0 Å². The Morgan fingerprint density at radius 2 is 1.89 bits per heavy atom. The average Bonchev–Trinajstić information content (AvgIpc) is 2.63. The topological polar surface area (TPSA) is 59.2 Å². The van der Waals surface area contributed by atoms with Gasteiger partial charge in [0, 0.05) is 11.3 Å². The Labute approximate surface area is 127 Å². The fraction of sp³-hybridized carbons (Fsp3) is 0.571. The number of rotatable bonds is 5. The third-order valence-electron chi connectivity index (χ3n) is 3.00. The Morgan fingerprint density at radius 1 is 1.32 bits per heavy atom. The third kappa shape index (κ3) is 3.38. The lowest BCUT2D eigenvalue weighted by Gasteiger charge is -2.13. The van der Waals surface area contributed by atoms with E-state index in [-0.39, 0.29) is 15.6 Å². The molecule has 0 radical (unpaired) electrons. The second-order valence-corrected chi connectivity index (χ2v) is 6.20. The number of H-pyrrole nitrogens is 1. The molecule has 5 heteroatoms. The van der Waals surface area contributed by atoms with E-state index in [4.69, 9.17) is 4.74 Å². The van der Waals surface area contributed by atoms with Gasteiger partial charge in [0.1, 0.15) is 5.69 Å². The van der Waals surface area contributed by atoms with Crippen molar-refractivity contribution in [1.82, 2.24) is 4.98 Å². The number of alkyl halides is 1. The minimum Gasteiger partial charge on any atom is -0.461 e. The molecule has 1 aromatic heterocycles. The normalized spacial score (nSPS) is 12.6. The minimum absolute atomic E-state index is 0.0670. The van der Waals surface area contributed by atoms with Crippen LogP contribution in [0.15, 0.2) is 0 Å². The summed E-state index contributed by atoms with van der Waals surface area (Å²) in [5.41, 5.74) is 2.42. The second-order valence-electron chi connectivity index (χ2n) is 4.86. The predicted molar refractivity (Wildman–Crippen MR) is 83.2 cm³/mol. The lowest BCUT2D eigenvalue weighted by molar-refractivity contribution is 0.0519. The van der Waals surface area contributed by atoms with Gasteiger partial charge >= 0.3 is 5.97 Å². The van der Waals surface area contributed by atoms with Crippen LogP contribution in [0.2, 0.25) is 0 Å². The Kier molecular flexibility index (Phi) is 5.58. The zero-order chi connectivity index (χ0) is 14.7. The first-order valence-electron chi connectivity index (χ1n) is 6.35. The number of hydrogen-bond acceptors (Lipinski definition) is 3. The molecule has 0 aliphatic carbocycles. The largest absolute Gasteiger partial charge is 0.461 e. The highest BCUT2D eigenvalue weighted by Gasteiger charge is 2.27. The maximum Gasteiger partial charge on any atom is 0.355 e. The Bertz CT molecular complexity index is 491. The maximum absolute atomic E-state index is 12.4. The van der Waals surface area contributed by atoms with Crippen LogP contribution in [0, 0.1) is 19.8 Å². The lowest BCUT2D eigenvalue weighted by Crippen LogP contribution is -2.21. The molecule has 0 aromatic carbocycles. The van der Waals surface area contributed by atoms with Crippen molar-refractivity contribution in [3.8, 4) is 0 Å². The van der Waals surface area contributed by atoms with E-state index in [1.165, 1.54) is 0 Å². The molecular weight excluding hydrogens is 357 g/mol. The maximum atomic E-state index is 12.4. The lowest BCUT2D eigenvalue weighted by atomic mass is 9.98. The molecule has 0 aliphatic heterocycles. The van der Waals surface area contributed by atoms with E-state index in [1.54, 1.807) is 13.8 Å². The summed E-state index contributed by atoms with van der Waals surface area (Å²) in [6, 6.07) is 0. The zero-order valence-electron chi connectivity index (χ0n) is 12.0. The van der Waals surface area contributed by atoms with Crippen LogP contribution >= 0.6 is 22.6 Å². The van der Waals surface area contributed by atoms with Crippen LogP contribution < -0.4 is 0 Å². The monoisotopic (exact) mass is 377 g/mol. The van der Waals surface area contributed by atoms with Gasteiger partial charge in [-0.1, -0.05) is 36.4 Å². The predicted octanol–water partition coefficient (Wildman–Crippen LogP) is 3.45. The van der Waals surface area contributed by atoms with E-state index in [0.717, 1.165) is 5.69 Å². The SMILES string of the molecule is CCOC(=O)c1[nH]c(C)c(C(=O)C(I)C(C)C)c1C. The molecule has 0 saturated heterocycles. The van der Waals surface area contributed by atoms with Crippen LogP contribution in [-0.2, 0) is 4.74 Å². The van der Waals surface area contributed by atoms with Gasteiger partial charge in [-0.3, -0.25) is 4.79 Å². The fourth-order valence-corrected chi connectivity index (χ4v) is 2.28. The summed E-state index contributed by atoms with van der Waals surface area (Å²) in [6.07, 6.45) is 0. The van der Waals surface area contributed by atoms with E-state index >= 15 is 0 Å². The number of hydrogen-bond donors (Lipinski definition) is 1. The van der Waals surface area contributed by atoms with Crippen molar-refractivity contribution >= 4 is 34.3 Å². The molecular formula is C14H20INO3. The summed E-state index contributed by atoms with van der Waals surface area (Å²) in [5.74, 6) is -0.0815. The van der Waals surface area contributed by atoms with Crippen molar-refractivity contribution in [2.75, 3.05) is 6.61 Å². The number of aryl methyl sites for hydroxylation is 1. The summed E-state index contributed by atoms with van der Waals surface area (Å²) in [6.45, 7) is 9.70. The summed E-state index contributed by atoms with van der Waals surface area (Å²) in [7, 11) is 0. The molecule has 1 atom stereocenters. The number of ether oxygens (including phenoxy) is 1. The average molecular weight is 377 g/mol. The molecule has 4 nitrogen and oxygen atoms in total. The van der Waals surface area contributed by atoms with Crippen molar-refractivity contribution in [2.24, 2.45) is 5.92 Å². The van der Waals surface area contributed by atoms with Gasteiger partial charge in [0.15, 0.2) is 5.78 Å². The van der Waals surface area contributed by atoms with Gasteiger partial charge in [-0.25, -0.2) is 4.79 Å². The van der Waals surface area contributed by atoms with E-state index in [0.29, 0.717) is 23.4 Å². The number of halogens is 1. The van der Waals surface area contributed by atoms with E-state index < -0.39 is 5.97 Å². The number of carbonyl (C=O) groups excluding carboxylic acids is 2. The Morgan fingerprint density at radius 3 is 2.37 bits per heavy atom. The molecule has 0 fully saturated rings. The van der Waals surface area contributed by atoms with E-state index in [9.17, 15) is 9.59 Å². The molecule has 1 aromatic rings. The number of carbonyl (C=O) groups is 2. The number of Topliss-reactive ketones (excluding diaryl/α,β-unsaturated/α-hetero) is 1. The molecule has 1 rings (SSSR count). The second kappa shape index (κ2) is 6.54. The van der Waals surface area contributed by atoms with Crippen LogP contribution in [0.5, 0.6) is 0 Å². The van der Waals surface area contributed by atoms with E-state index in [2.05, 4.69) is 27.6 Å². The highest BCUT2D eigenvalue weighted by atomic mass is 127. The molecule has 0 bridgehead atoms. The van der Waals surface area contributed by atoms with Crippen molar-refractivity contribution in [1.29, 1.82) is 0 Å². The number of aromatic nitrogens is 1. The first-order valence-corrected chi connectivity index (χ1v) is 7.60. The number of esters is 1. The standard InChI is InChI=1S/C14H20INO3/c1-6-19-14(18)12-8(4)10(9(5)16-12)13(17)11(15)7(2)3/h7,11,16H,6H2,1-5H3. The van der Waals surface area contributed by atoms with Crippen LogP contribution in [0.25, 0.3) is 0 Å². The first-order chi connectivity index (χ1) is 8.81. The van der Waals surface area contributed by atoms with Crippen molar-refractivity contribution in [2.45, 2.75) is 38.5 Å². The van der Waals surface area contributed by atoms with Gasteiger partial charge in [0.25, 0.3) is 0 Å². The highest BCUT2D eigenvalue weighted by molar-refractivity contribution is 14.1. The highest BCUT2D eigenvalue weighted by Crippen LogP contribution is 2.25. The minimum atomic E-state index is -0.406. The molecule has 106 valence electrons. The summed E-state index contributed by atoms with van der Waals surface area (Å²) < 4.78 is 4.88. The number of ketones is 1. The van der Waals surface area contributed by atoms with Crippen molar-refractivity contribution in [3.63, 3.8) is 0 Å². The summed E-state index contributed by atoms with van der Waals surface area (Å²) in [4.78, 5) is 27.2. The van der Waals surface area contributed by atoms with Crippen LogP contribution in [0.1, 0.15) is 52.9 Å². The van der Waals surface area contributed by atoms with Crippen molar-refractivity contribution < 1.29 is 14.3 Å². The molecule has 0 amide bonds. The smallest absolute Gasteiger partial charge is 0.355 e. The van der Waals surface area contributed by atoms with Gasteiger partial charge in [-0.2, -0.15) is 0 Å². The van der Waals surface area contributed by atoms with Crippen LogP contribution in [-0.4, -0.2) is 27.3 Å².